The van der Waals surface area contributed by atoms with E-state index in [-0.39, 0.29) is 0 Å². The van der Waals surface area contributed by atoms with E-state index in [0.717, 1.165) is 11.8 Å². The van der Waals surface area contributed by atoms with Crippen molar-refractivity contribution in [1.82, 2.24) is 0 Å². The van der Waals surface area contributed by atoms with Crippen molar-refractivity contribution in [3.8, 4) is 0 Å². The van der Waals surface area contributed by atoms with Gasteiger partial charge in [0.15, 0.2) is 0 Å². The van der Waals surface area contributed by atoms with E-state index in [1.54, 1.807) is 11.1 Å². The van der Waals surface area contributed by atoms with Gasteiger partial charge in [0.1, 0.15) is 0 Å². The quantitative estimate of drug-likeness (QED) is 0.368. The minimum absolute atomic E-state index is 0.884. The first kappa shape index (κ1) is 24.7. The van der Waals surface area contributed by atoms with Crippen molar-refractivity contribution >= 4 is 4.21 Å². The van der Waals surface area contributed by atoms with Crippen molar-refractivity contribution < 1.29 is 24.2 Å². The zero-order valence-corrected chi connectivity index (χ0v) is 18.7. The van der Waals surface area contributed by atoms with Crippen LogP contribution in [-0.2, 0) is 24.2 Å². The number of hydrogen-bond acceptors (Lipinski definition) is 0. The van der Waals surface area contributed by atoms with E-state index in [1.807, 2.05) is 0 Å². The Kier molecular flexibility index (Phi) is 16.2. The Labute approximate surface area is 177 Å². The van der Waals surface area contributed by atoms with Gasteiger partial charge in [0.05, 0.1) is 0 Å². The Bertz CT molecular complexity index is 458. The molecule has 1 heteroatoms. The summed E-state index contributed by atoms with van der Waals surface area (Å²) in [6, 6.07) is 0. The maximum absolute atomic E-state index is 3.34. The summed E-state index contributed by atoms with van der Waals surface area (Å²) in [7, 11) is 0. The fourth-order valence-electron chi connectivity index (χ4n) is 3.33. The standard InChI is InChI=1S/2C9H11.2C3H5.CH2.Zr/c2*1-2-5-9-7-3-6-8(9)4-1;2*1-3-2;;/h2*1-2,4,6,9H,3,5,7H2;2*3H,1-2H2;1H2;/q4*-1;;. The Balaban J connectivity index is 0.000000348. The predicted octanol–water partition coefficient (Wildman–Crippen LogP) is 6.95. The van der Waals surface area contributed by atoms with Crippen LogP contribution in [0.4, 0.5) is 0 Å². The minimum atomic E-state index is 0.884. The van der Waals surface area contributed by atoms with E-state index in [4.69, 9.17) is 0 Å². The van der Waals surface area contributed by atoms with Gasteiger partial charge in [0.2, 0.25) is 0 Å². The molecule has 0 aromatic carbocycles. The van der Waals surface area contributed by atoms with E-state index < -0.39 is 0 Å². The molecule has 4 rings (SSSR count). The molecule has 0 aromatic rings. The molecule has 0 heterocycles. The second-order valence-corrected chi connectivity index (χ2v) is 6.20. The van der Waals surface area contributed by atoms with Crippen LogP contribution in [0.3, 0.4) is 0 Å². The zero-order chi connectivity index (χ0) is 19.6. The third kappa shape index (κ3) is 9.98. The van der Waals surface area contributed by atoms with Gasteiger partial charge in [-0.3, -0.25) is 0 Å². The first-order valence-corrected chi connectivity index (χ1v) is 11.1. The summed E-state index contributed by atoms with van der Waals surface area (Å²) in [5, 5.41) is 0. The molecule has 0 radical (unpaired) electrons. The maximum atomic E-state index is 3.34. The molecule has 2 unspecified atom stereocenters. The summed E-state index contributed by atoms with van der Waals surface area (Å²) < 4.78 is 3.34. The van der Waals surface area contributed by atoms with Crippen molar-refractivity contribution in [2.45, 2.75) is 38.5 Å². The fraction of sp³-hybridized carbons (Fsp3) is 0.320. The van der Waals surface area contributed by atoms with Crippen LogP contribution < -0.4 is 0 Å². The van der Waals surface area contributed by atoms with Crippen LogP contribution in [0.2, 0.25) is 0 Å². The average Bonchev–Trinajstić information content (AvgIpc) is 3.34. The molecule has 0 aromatic heterocycles. The fourth-order valence-corrected chi connectivity index (χ4v) is 3.33. The summed E-state index contributed by atoms with van der Waals surface area (Å²) >= 11 is 1.30. The number of rotatable bonds is 0. The molecule has 0 saturated heterocycles. The van der Waals surface area contributed by atoms with Gasteiger partial charge in [-0.2, -0.15) is 0 Å². The third-order valence-electron chi connectivity index (χ3n) is 4.42. The normalized spacial score (nSPS) is 22.6. The number of hydrogen-bond donors (Lipinski definition) is 0. The van der Waals surface area contributed by atoms with E-state index in [2.05, 4.69) is 80.5 Å². The van der Waals surface area contributed by atoms with Gasteiger partial charge in [-0.15, -0.1) is 37.1 Å². The molecule has 4 aliphatic carbocycles. The van der Waals surface area contributed by atoms with Crippen molar-refractivity contribution in [3.63, 3.8) is 0 Å². The van der Waals surface area contributed by atoms with Crippen molar-refractivity contribution in [2.75, 3.05) is 0 Å². The van der Waals surface area contributed by atoms with Gasteiger partial charge in [-0.05, 0) is 24.7 Å². The second kappa shape index (κ2) is 17.1. The van der Waals surface area contributed by atoms with Gasteiger partial charge < -0.3 is 0 Å². The summed E-state index contributed by atoms with van der Waals surface area (Å²) in [4.78, 5) is 0. The van der Waals surface area contributed by atoms with Crippen LogP contribution in [0.25, 0.3) is 0 Å². The SMILES string of the molecule is C1=CCC2CC[CH-]C2=C1.C1=CCC2CC[CH-]C2=C1.C=C[CH2-].C=C[CH2-].[CH2]=[Zr]. The molecular weight excluding hydrogens is 391 g/mol. The van der Waals surface area contributed by atoms with Crippen LogP contribution in [0.1, 0.15) is 38.5 Å². The van der Waals surface area contributed by atoms with Crippen LogP contribution >= 0.6 is 0 Å². The summed E-state index contributed by atoms with van der Waals surface area (Å²) in [6.45, 7) is 13.0. The van der Waals surface area contributed by atoms with Gasteiger partial charge in [-0.1, -0.05) is 12.8 Å². The van der Waals surface area contributed by atoms with Crippen LogP contribution in [-0.4, -0.2) is 4.21 Å². The van der Waals surface area contributed by atoms with E-state index in [1.165, 1.54) is 74.9 Å². The first-order valence-electron chi connectivity index (χ1n) is 9.32. The van der Waals surface area contributed by atoms with Crippen molar-refractivity contribution in [3.05, 3.63) is 99.6 Å². The Morgan fingerprint density at radius 3 is 1.50 bits per heavy atom. The molecule has 0 nitrogen and oxygen atoms in total. The molecule has 0 bridgehead atoms. The van der Waals surface area contributed by atoms with E-state index in [0.29, 0.717) is 0 Å². The monoisotopic (exact) mass is 424 g/mol. The van der Waals surface area contributed by atoms with E-state index in [9.17, 15) is 0 Å². The van der Waals surface area contributed by atoms with Gasteiger partial charge in [0.25, 0.3) is 0 Å². The molecule has 0 spiro atoms. The molecular formula is C25H34Zr-4. The van der Waals surface area contributed by atoms with Gasteiger partial charge >= 0.3 is 28.4 Å². The Hall–Kier alpha value is -1.33. The zero-order valence-electron chi connectivity index (χ0n) is 16.2. The molecule has 26 heavy (non-hydrogen) atoms. The molecule has 0 N–H and O–H groups in total. The van der Waals surface area contributed by atoms with Gasteiger partial charge in [-0.25, -0.2) is 75.3 Å². The molecule has 0 aliphatic heterocycles. The molecule has 2 atom stereocenters. The molecule has 2 fully saturated rings. The molecule has 2 saturated carbocycles. The number of allylic oxidation sites excluding steroid dienone is 10. The number of fused-ring (bicyclic) bond motifs is 2. The van der Waals surface area contributed by atoms with E-state index >= 15 is 0 Å². The molecule has 142 valence electrons. The van der Waals surface area contributed by atoms with Crippen LogP contribution in [0.5, 0.6) is 0 Å². The summed E-state index contributed by atoms with van der Waals surface area (Å²) in [5.41, 5.74) is 3.16. The first-order chi connectivity index (χ1) is 12.8. The van der Waals surface area contributed by atoms with Crippen LogP contribution in [0.15, 0.2) is 72.9 Å². The topological polar surface area (TPSA) is 0 Å². The third-order valence-corrected chi connectivity index (χ3v) is 4.42. The van der Waals surface area contributed by atoms with Crippen molar-refractivity contribution in [1.29, 1.82) is 0 Å². The Morgan fingerprint density at radius 1 is 0.846 bits per heavy atom. The average molecular weight is 426 g/mol. The molecule has 0 amide bonds. The summed E-state index contributed by atoms with van der Waals surface area (Å²) in [5.74, 6) is 1.77. The van der Waals surface area contributed by atoms with Crippen molar-refractivity contribution in [2.24, 2.45) is 11.8 Å². The van der Waals surface area contributed by atoms with Crippen LogP contribution in [0, 0.1) is 38.5 Å². The molecule has 4 aliphatic rings. The second-order valence-electron chi connectivity index (χ2n) is 6.20. The predicted molar refractivity (Wildman–Crippen MR) is 116 cm³/mol. The summed E-state index contributed by atoms with van der Waals surface area (Å²) in [6.07, 6.45) is 29.1. The van der Waals surface area contributed by atoms with Gasteiger partial charge in [0, 0.05) is 0 Å². The Morgan fingerprint density at radius 2 is 1.19 bits per heavy atom.